The van der Waals surface area contributed by atoms with Crippen LogP contribution in [0.3, 0.4) is 0 Å². The van der Waals surface area contributed by atoms with Gasteiger partial charge in [-0.05, 0) is 97.9 Å². The number of carboxylic acid groups (broad SMARTS) is 1. The van der Waals surface area contributed by atoms with Gasteiger partial charge in [-0.15, -0.1) is 0 Å². The fourth-order valence-corrected chi connectivity index (χ4v) is 8.09. The molecule has 0 spiro atoms. The monoisotopic (exact) mass is 372 g/mol. The molecule has 0 aromatic heterocycles. The lowest BCUT2D eigenvalue weighted by atomic mass is 9.46. The summed E-state index contributed by atoms with van der Waals surface area (Å²) in [6.07, 6.45) is 12.5. The van der Waals surface area contributed by atoms with Crippen molar-refractivity contribution in [3.63, 3.8) is 0 Å². The standard InChI is InChI=1S/C24H36O3/c1-15(4-9-22(26)27)19-7-8-20-18-6-5-16-14-17(25)10-12-23(16,2)21(18)11-13-24(19,20)3/h14-15,18-21H,4-13H2,1-3H3,(H,26,27)/t15-,18+,19+,20+,21+,23+,24-/m1/s1. The normalized spacial score (nSPS) is 44.7. The molecule has 3 saturated carbocycles. The summed E-state index contributed by atoms with van der Waals surface area (Å²) in [6.45, 7) is 7.27. The van der Waals surface area contributed by atoms with E-state index in [-0.39, 0.29) is 5.41 Å². The van der Waals surface area contributed by atoms with E-state index >= 15 is 0 Å². The minimum atomic E-state index is -0.656. The van der Waals surface area contributed by atoms with Crippen LogP contribution in [-0.4, -0.2) is 16.9 Å². The number of carboxylic acids is 1. The number of allylic oxidation sites excluding steroid dienone is 1. The molecule has 0 heterocycles. The summed E-state index contributed by atoms with van der Waals surface area (Å²) in [5.74, 6) is 3.22. The van der Waals surface area contributed by atoms with Crippen molar-refractivity contribution < 1.29 is 14.7 Å². The molecule has 150 valence electrons. The maximum Gasteiger partial charge on any atom is 0.303 e. The van der Waals surface area contributed by atoms with E-state index in [1.54, 1.807) is 0 Å². The van der Waals surface area contributed by atoms with Gasteiger partial charge < -0.3 is 5.11 Å². The van der Waals surface area contributed by atoms with Crippen LogP contribution in [-0.2, 0) is 9.59 Å². The van der Waals surface area contributed by atoms with Gasteiger partial charge in [-0.1, -0.05) is 26.3 Å². The minimum Gasteiger partial charge on any atom is -0.481 e. The van der Waals surface area contributed by atoms with Crippen LogP contribution in [0.1, 0.15) is 85.0 Å². The highest BCUT2D eigenvalue weighted by Gasteiger charge is 2.59. The number of hydrogen-bond donors (Lipinski definition) is 1. The highest BCUT2D eigenvalue weighted by atomic mass is 16.4. The summed E-state index contributed by atoms with van der Waals surface area (Å²) >= 11 is 0. The first-order valence-electron chi connectivity index (χ1n) is 11.2. The largest absolute Gasteiger partial charge is 0.481 e. The van der Waals surface area contributed by atoms with Gasteiger partial charge in [0.1, 0.15) is 0 Å². The summed E-state index contributed by atoms with van der Waals surface area (Å²) in [6, 6.07) is 0. The Bertz CT molecular complexity index is 665. The van der Waals surface area contributed by atoms with Gasteiger partial charge in [0.05, 0.1) is 0 Å². The Balaban J connectivity index is 1.55. The van der Waals surface area contributed by atoms with E-state index in [1.807, 2.05) is 6.08 Å². The highest BCUT2D eigenvalue weighted by molar-refractivity contribution is 5.91. The van der Waals surface area contributed by atoms with Gasteiger partial charge in [0.25, 0.3) is 0 Å². The van der Waals surface area contributed by atoms with Crippen molar-refractivity contribution in [3.05, 3.63) is 11.6 Å². The van der Waals surface area contributed by atoms with Crippen molar-refractivity contribution in [2.75, 3.05) is 0 Å². The molecule has 0 saturated heterocycles. The van der Waals surface area contributed by atoms with E-state index in [9.17, 15) is 9.59 Å². The quantitative estimate of drug-likeness (QED) is 0.695. The highest BCUT2D eigenvalue weighted by Crippen LogP contribution is 2.67. The topological polar surface area (TPSA) is 54.4 Å². The predicted molar refractivity (Wildman–Crippen MR) is 106 cm³/mol. The molecule has 3 fully saturated rings. The zero-order valence-electron chi connectivity index (χ0n) is 17.3. The first-order valence-corrected chi connectivity index (χ1v) is 11.2. The number of carbonyl (C=O) groups is 2. The third-order valence-corrected chi connectivity index (χ3v) is 9.54. The average molecular weight is 373 g/mol. The SMILES string of the molecule is C[C@H](CCC(=O)O)[C@@H]1CC[C@H]2[C@@H]3CCC4=CC(=O)CC[C@]4(C)[C@H]3CC[C@@]21C. The number of fused-ring (bicyclic) bond motifs is 5. The van der Waals surface area contributed by atoms with Crippen LogP contribution < -0.4 is 0 Å². The van der Waals surface area contributed by atoms with Crippen molar-refractivity contribution in [3.8, 4) is 0 Å². The van der Waals surface area contributed by atoms with E-state index in [0.29, 0.717) is 29.5 Å². The Hall–Kier alpha value is -1.12. The third-order valence-electron chi connectivity index (χ3n) is 9.54. The van der Waals surface area contributed by atoms with Gasteiger partial charge in [0, 0.05) is 12.8 Å². The zero-order chi connectivity index (χ0) is 19.4. The second-order valence-electron chi connectivity index (χ2n) is 10.6. The molecule has 4 rings (SSSR count). The smallest absolute Gasteiger partial charge is 0.303 e. The lowest BCUT2D eigenvalue weighted by Crippen LogP contribution is -2.51. The van der Waals surface area contributed by atoms with E-state index in [2.05, 4.69) is 20.8 Å². The second kappa shape index (κ2) is 6.74. The molecule has 0 radical (unpaired) electrons. The molecule has 0 aromatic rings. The lowest BCUT2D eigenvalue weighted by Gasteiger charge is -2.58. The summed E-state index contributed by atoms with van der Waals surface area (Å²) in [7, 11) is 0. The van der Waals surface area contributed by atoms with Crippen molar-refractivity contribution in [1.82, 2.24) is 0 Å². The average Bonchev–Trinajstić information content (AvgIpc) is 2.97. The number of hydrogen-bond acceptors (Lipinski definition) is 2. The Morgan fingerprint density at radius 2 is 1.93 bits per heavy atom. The van der Waals surface area contributed by atoms with Gasteiger partial charge in [0.2, 0.25) is 0 Å². The van der Waals surface area contributed by atoms with Crippen molar-refractivity contribution in [1.29, 1.82) is 0 Å². The molecular weight excluding hydrogens is 336 g/mol. The van der Waals surface area contributed by atoms with E-state index < -0.39 is 5.97 Å². The molecule has 3 heteroatoms. The number of ketones is 1. The maximum atomic E-state index is 12.0. The van der Waals surface area contributed by atoms with Crippen LogP contribution in [0.4, 0.5) is 0 Å². The molecular formula is C24H36O3. The van der Waals surface area contributed by atoms with Crippen LogP contribution in [0.5, 0.6) is 0 Å². The van der Waals surface area contributed by atoms with E-state index in [1.165, 1.54) is 37.7 Å². The third kappa shape index (κ3) is 3.00. The Morgan fingerprint density at radius 1 is 1.15 bits per heavy atom. The number of rotatable bonds is 4. The molecule has 27 heavy (non-hydrogen) atoms. The van der Waals surface area contributed by atoms with Crippen LogP contribution in [0.15, 0.2) is 11.6 Å². The van der Waals surface area contributed by atoms with Gasteiger partial charge >= 0.3 is 5.97 Å². The molecule has 0 amide bonds. The summed E-state index contributed by atoms with van der Waals surface area (Å²) in [4.78, 5) is 23.0. The molecule has 0 aliphatic heterocycles. The number of carbonyl (C=O) groups excluding carboxylic acids is 1. The van der Waals surface area contributed by atoms with Crippen LogP contribution in [0.2, 0.25) is 0 Å². The summed E-state index contributed by atoms with van der Waals surface area (Å²) < 4.78 is 0. The Kier molecular flexibility index (Phi) is 4.79. The molecule has 4 aliphatic rings. The maximum absolute atomic E-state index is 12.0. The molecule has 0 bridgehead atoms. The fraction of sp³-hybridized carbons (Fsp3) is 0.833. The van der Waals surface area contributed by atoms with Crippen LogP contribution in [0.25, 0.3) is 0 Å². The van der Waals surface area contributed by atoms with Gasteiger partial charge in [-0.3, -0.25) is 9.59 Å². The first kappa shape index (κ1) is 19.2. The molecule has 3 nitrogen and oxygen atoms in total. The Morgan fingerprint density at radius 3 is 2.67 bits per heavy atom. The molecule has 1 N–H and O–H groups in total. The van der Waals surface area contributed by atoms with Gasteiger partial charge in [-0.2, -0.15) is 0 Å². The number of aliphatic carboxylic acids is 1. The molecule has 0 unspecified atom stereocenters. The summed E-state index contributed by atoms with van der Waals surface area (Å²) in [5, 5.41) is 9.08. The Labute approximate surface area is 164 Å². The lowest BCUT2D eigenvalue weighted by molar-refractivity contribution is -0.137. The van der Waals surface area contributed by atoms with Crippen molar-refractivity contribution >= 4 is 11.8 Å². The molecule has 4 aliphatic carbocycles. The van der Waals surface area contributed by atoms with E-state index in [0.717, 1.165) is 43.4 Å². The van der Waals surface area contributed by atoms with Crippen molar-refractivity contribution in [2.45, 2.75) is 85.0 Å². The summed E-state index contributed by atoms with van der Waals surface area (Å²) in [5.41, 5.74) is 2.10. The molecule has 7 atom stereocenters. The molecule has 0 aromatic carbocycles. The second-order valence-corrected chi connectivity index (χ2v) is 10.6. The van der Waals surface area contributed by atoms with Crippen molar-refractivity contribution in [2.24, 2.45) is 40.4 Å². The van der Waals surface area contributed by atoms with E-state index in [4.69, 9.17) is 5.11 Å². The van der Waals surface area contributed by atoms with Gasteiger partial charge in [0.15, 0.2) is 5.78 Å². The predicted octanol–water partition coefficient (Wildman–Crippen LogP) is 5.64. The minimum absolute atomic E-state index is 0.255. The fourth-order valence-electron chi connectivity index (χ4n) is 8.09. The first-order chi connectivity index (χ1) is 12.8. The zero-order valence-corrected chi connectivity index (χ0v) is 17.3. The van der Waals surface area contributed by atoms with Gasteiger partial charge in [-0.25, -0.2) is 0 Å². The van der Waals surface area contributed by atoms with Crippen LogP contribution in [0, 0.1) is 40.4 Å². The van der Waals surface area contributed by atoms with Crippen LogP contribution >= 0.6 is 0 Å².